The number of carbonyl (C=O) groups is 1. The van der Waals surface area contributed by atoms with E-state index >= 15 is 0 Å². The molecule has 21 heteroatoms. The molecule has 246 valence electrons. The number of fused-ring (bicyclic) bond motifs is 1. The Bertz CT molecular complexity index is 1630. The number of primary amides is 1. The van der Waals surface area contributed by atoms with E-state index in [1.807, 2.05) is 0 Å². The third-order valence-corrected chi connectivity index (χ3v) is 11.2. The largest absolute Gasteiger partial charge is 0.422 e. The predicted molar refractivity (Wildman–Crippen MR) is 150 cm³/mol. The summed E-state index contributed by atoms with van der Waals surface area (Å²) < 4.78 is 48.3. The van der Waals surface area contributed by atoms with E-state index in [2.05, 4.69) is 15.0 Å². The van der Waals surface area contributed by atoms with Gasteiger partial charge in [0.15, 0.2) is 17.4 Å². The summed E-state index contributed by atoms with van der Waals surface area (Å²) >= 11 is 0. The zero-order valence-electron chi connectivity index (χ0n) is 23.5. The molecule has 2 aliphatic heterocycles. The molecule has 1 aromatic carbocycles. The van der Waals surface area contributed by atoms with Crippen LogP contribution in [0.4, 0.5) is 5.82 Å². The van der Waals surface area contributed by atoms with Crippen LogP contribution in [0.15, 0.2) is 36.9 Å². The van der Waals surface area contributed by atoms with Crippen molar-refractivity contribution >= 4 is 38.1 Å². The van der Waals surface area contributed by atoms with Crippen molar-refractivity contribution in [3.63, 3.8) is 0 Å². The Labute approximate surface area is 270 Å². The van der Waals surface area contributed by atoms with Crippen molar-refractivity contribution in [3.8, 4) is 0 Å². The summed E-state index contributed by atoms with van der Waals surface area (Å²) in [7, 11) is -9.61. The monoisotopic (exact) mass is 841 g/mol. The molecule has 2 aliphatic rings. The number of nitrogens with two attached hydrogens (primary N) is 2. The fraction of sp³-hybridized carbons (Fsp3) is 0.458. The van der Waals surface area contributed by atoms with Crippen LogP contribution < -0.4 is 11.5 Å². The van der Waals surface area contributed by atoms with E-state index in [9.17, 15) is 39.0 Å². The summed E-state index contributed by atoms with van der Waals surface area (Å²) in [6, 6.07) is 5.85. The summed E-state index contributed by atoms with van der Waals surface area (Å²) in [6.45, 7) is 0.232. The predicted octanol–water partition coefficient (Wildman–Crippen LogP) is -0.419. The van der Waals surface area contributed by atoms with Crippen LogP contribution in [0.5, 0.6) is 0 Å². The van der Waals surface area contributed by atoms with E-state index in [0.717, 1.165) is 0 Å². The van der Waals surface area contributed by atoms with Gasteiger partial charge in [-0.05, 0) is 23.8 Å². The molecule has 2 aromatic heterocycles. The average Bonchev–Trinajstić information content (AvgIpc) is 3.61. The molecule has 1 amide bonds. The molecule has 45 heavy (non-hydrogen) atoms. The van der Waals surface area contributed by atoms with Gasteiger partial charge in [-0.3, -0.25) is 13.9 Å². The summed E-state index contributed by atoms with van der Waals surface area (Å²) in [5, 5.41) is 31.5. The van der Waals surface area contributed by atoms with E-state index in [0.29, 0.717) is 22.6 Å². The van der Waals surface area contributed by atoms with Crippen LogP contribution in [0.2, 0.25) is 0 Å². The number of amides is 1. The molecule has 3 aromatic rings. The first-order chi connectivity index (χ1) is 20.7. The van der Waals surface area contributed by atoms with E-state index in [1.54, 1.807) is 6.92 Å². The number of nitrogen functional groups attached to an aromatic ring is 1. The van der Waals surface area contributed by atoms with Crippen LogP contribution in [-0.2, 0) is 48.7 Å². The maximum atomic E-state index is 12.7. The third-order valence-electron chi connectivity index (χ3n) is 7.25. The average molecular weight is 841 g/mol. The van der Waals surface area contributed by atoms with Gasteiger partial charge in [0, 0.05) is 32.9 Å². The number of hydrogen-bond acceptors (Lipinski definition) is 14. The number of aliphatic hydroxyl groups is 3. The van der Waals surface area contributed by atoms with Crippen molar-refractivity contribution < 1.29 is 78.6 Å². The smallest absolute Gasteiger partial charge is 0.340 e. The molecule has 9 N–H and O–H groups in total. The molecule has 9 atom stereocenters. The van der Waals surface area contributed by atoms with Crippen LogP contribution in [0, 0.1) is 5.92 Å². The number of carbonyl (C=O) groups excluding carboxylic acids is 1. The maximum Gasteiger partial charge on any atom is 0.340 e. The molecule has 18 nitrogen and oxygen atoms in total. The van der Waals surface area contributed by atoms with Crippen molar-refractivity contribution in [2.45, 2.75) is 49.8 Å². The van der Waals surface area contributed by atoms with Crippen LogP contribution in [0.1, 0.15) is 35.2 Å². The van der Waals surface area contributed by atoms with Gasteiger partial charge in [0.1, 0.15) is 36.3 Å². The number of hydrogen-bond donors (Lipinski definition) is 7. The van der Waals surface area contributed by atoms with Gasteiger partial charge in [-0.1, -0.05) is 12.1 Å². The van der Waals surface area contributed by atoms with Crippen LogP contribution >= 0.6 is 15.2 Å². The second kappa shape index (κ2) is 13.9. The van der Waals surface area contributed by atoms with Gasteiger partial charge in [-0.25, -0.2) is 20.9 Å². The van der Waals surface area contributed by atoms with E-state index in [1.165, 1.54) is 41.5 Å². The first kappa shape index (κ1) is 35.7. The van der Waals surface area contributed by atoms with Gasteiger partial charge < -0.3 is 59.7 Å². The number of benzene rings is 1. The number of imidazole rings is 1. The fourth-order valence-corrected chi connectivity index (χ4v) is 8.18. The molecular weight excluding hydrogens is 810 g/mol. The van der Waals surface area contributed by atoms with Crippen molar-refractivity contribution in [1.82, 2.24) is 19.5 Å². The Hall–Kier alpha value is -2.17. The van der Waals surface area contributed by atoms with Crippen LogP contribution in [-0.4, -0.2) is 100 Å². The number of aliphatic hydroxyl groups excluding tert-OH is 3. The standard InChI is InChI=1S/C24H31N6O12P2.W/c1-11-17(31)14(42-24(11)30-9-29-16-21(25)27-8-28-23(16)30)6-39-43(35,36)10-44(37,38)40-7-15-18(32)19(33)20(41-15)12-3-2-4-13(5-12)22(26)34;/h2-5,8-9,14-15,17-20,24,31-33H,6-7,10H2,1H3,(H2,26,34)(H,35,36)(H,37,38)(H2,25,27,28);/q-1;/t14-,15-,17-,18?,19+,20+,24-;/m1./s1. The fourth-order valence-electron chi connectivity index (χ4n) is 4.96. The van der Waals surface area contributed by atoms with Crippen molar-refractivity contribution in [2.24, 2.45) is 5.73 Å². The van der Waals surface area contributed by atoms with Gasteiger partial charge in [0.2, 0.25) is 5.91 Å². The molecule has 0 spiro atoms. The molecule has 3 unspecified atom stereocenters. The third kappa shape index (κ3) is 7.70. The molecule has 4 heterocycles. The molecule has 5 rings (SSSR count). The normalized spacial score (nSPS) is 29.7. The quantitative estimate of drug-likeness (QED) is 0.0954. The number of anilines is 1. The molecule has 0 radical (unpaired) electrons. The van der Waals surface area contributed by atoms with Crippen molar-refractivity contribution in [1.29, 1.82) is 0 Å². The Morgan fingerprint density at radius 2 is 1.71 bits per heavy atom. The van der Waals surface area contributed by atoms with Crippen molar-refractivity contribution in [2.75, 3.05) is 24.9 Å². The minimum absolute atomic E-state index is 0. The summed E-state index contributed by atoms with van der Waals surface area (Å²) in [5.74, 6) is -1.49. The molecule has 2 saturated heterocycles. The van der Waals surface area contributed by atoms with Crippen molar-refractivity contribution in [3.05, 3.63) is 54.0 Å². The van der Waals surface area contributed by atoms with Gasteiger partial charge in [-0.2, -0.15) is 6.92 Å². The van der Waals surface area contributed by atoms with E-state index in [-0.39, 0.29) is 32.4 Å². The van der Waals surface area contributed by atoms with E-state index < -0.39 is 83.1 Å². The number of rotatable bonds is 11. The molecule has 0 saturated carbocycles. The van der Waals surface area contributed by atoms with Crippen LogP contribution in [0.25, 0.3) is 11.2 Å². The zero-order valence-corrected chi connectivity index (χ0v) is 28.2. The van der Waals surface area contributed by atoms with Crippen LogP contribution in [0.3, 0.4) is 0 Å². The maximum absolute atomic E-state index is 12.7. The summed E-state index contributed by atoms with van der Waals surface area (Å²) in [4.78, 5) is 44.2. The molecule has 0 bridgehead atoms. The number of ether oxygens (including phenoxy) is 2. The van der Waals surface area contributed by atoms with E-state index in [4.69, 9.17) is 30.0 Å². The second-order valence-corrected chi connectivity index (χ2v) is 14.6. The van der Waals surface area contributed by atoms with Gasteiger partial charge >= 0.3 is 15.2 Å². The SMILES string of the molecule is C[C-]1[C@@H](O)[C@@H](COP(=O)(O)CP(=O)(O)OC[C@H]2O[C@@H](c3cccc(C(N)=O)c3)[C@@H](O)C2O)O[C@H]1n1cnc2c(N)ncnc21.[W]. The summed E-state index contributed by atoms with van der Waals surface area (Å²) in [6.07, 6.45) is -6.08. The Kier molecular flexibility index (Phi) is 11.0. The Morgan fingerprint density at radius 3 is 2.38 bits per heavy atom. The number of aromatic nitrogens is 4. The topological polar surface area (TPSA) is 285 Å². The van der Waals surface area contributed by atoms with Gasteiger partial charge in [0.05, 0.1) is 25.6 Å². The first-order valence-electron chi connectivity index (χ1n) is 13.1. The number of nitrogens with zero attached hydrogens (tertiary/aromatic N) is 4. The molecule has 2 fully saturated rings. The minimum atomic E-state index is -4.82. The van der Waals surface area contributed by atoms with Gasteiger partial charge in [0.25, 0.3) is 0 Å². The zero-order chi connectivity index (χ0) is 32.0. The second-order valence-electron chi connectivity index (χ2n) is 10.4. The Balaban J connectivity index is 0.00000461. The molecular formula is C24H31N6O12P2W-. The van der Waals surface area contributed by atoms with Gasteiger partial charge in [-0.15, -0.1) is 0 Å². The Morgan fingerprint density at radius 1 is 1.04 bits per heavy atom. The first-order valence-corrected chi connectivity index (χ1v) is 16.6. The summed E-state index contributed by atoms with van der Waals surface area (Å²) in [5.41, 5.74) is 12.2. The molecule has 0 aliphatic carbocycles. The minimum Gasteiger partial charge on any atom is -0.422 e.